The van der Waals surface area contributed by atoms with Gasteiger partial charge in [0, 0.05) is 17.7 Å². The first-order chi connectivity index (χ1) is 18.9. The number of esters is 1. The molecule has 2 N–H and O–H groups in total. The maximum atomic E-state index is 13.2. The number of aliphatic hydroxyl groups excluding tert-OH is 1. The zero-order valence-electron chi connectivity index (χ0n) is 22.3. The second-order valence-corrected chi connectivity index (χ2v) is 12.1. The van der Waals surface area contributed by atoms with Crippen molar-refractivity contribution in [2.45, 2.75) is 62.9 Å². The highest BCUT2D eigenvalue weighted by atomic mass is 35.5. The van der Waals surface area contributed by atoms with E-state index in [9.17, 15) is 15.0 Å². The zero-order chi connectivity index (χ0) is 27.8. The molecule has 212 valence electrons. The minimum absolute atomic E-state index is 0.146. The van der Waals surface area contributed by atoms with E-state index in [0.717, 1.165) is 45.1 Å². The molecule has 0 radical (unpaired) electrons. The molecule has 7 nitrogen and oxygen atoms in total. The molecular weight excluding hydrogens is 558 g/mol. The summed E-state index contributed by atoms with van der Waals surface area (Å²) in [5, 5.41) is 25.0. The van der Waals surface area contributed by atoms with Gasteiger partial charge in [-0.3, -0.25) is 0 Å². The summed E-state index contributed by atoms with van der Waals surface area (Å²) in [6.45, 7) is 1.33. The first kappa shape index (κ1) is 29.8. The normalized spacial score (nSPS) is 17.8. The Bertz CT molecular complexity index is 1140. The number of carbonyl (C=O) groups is 1. The monoisotopic (exact) mass is 593 g/mol. The van der Waals surface area contributed by atoms with Crippen molar-refractivity contribution in [3.05, 3.63) is 67.5 Å². The number of ether oxygens (including phenoxy) is 3. The number of benzene rings is 1. The Morgan fingerprint density at radius 1 is 1.08 bits per heavy atom. The number of hydrogen-bond donors (Lipinski definition) is 2. The van der Waals surface area contributed by atoms with E-state index < -0.39 is 11.6 Å². The van der Waals surface area contributed by atoms with E-state index in [1.54, 1.807) is 31.4 Å². The highest BCUT2D eigenvalue weighted by Gasteiger charge is 2.45. The average Bonchev–Trinajstić information content (AvgIpc) is 3.69. The second kappa shape index (κ2) is 14.0. The highest BCUT2D eigenvalue weighted by Crippen LogP contribution is 2.38. The van der Waals surface area contributed by atoms with Gasteiger partial charge in [-0.15, -0.1) is 22.7 Å². The van der Waals surface area contributed by atoms with Crippen LogP contribution in [0.2, 0.25) is 5.02 Å². The van der Waals surface area contributed by atoms with Gasteiger partial charge in [-0.05, 0) is 81.1 Å². The summed E-state index contributed by atoms with van der Waals surface area (Å²) >= 11 is 8.99. The lowest BCUT2D eigenvalue weighted by Crippen LogP contribution is -2.42. The lowest BCUT2D eigenvalue weighted by molar-refractivity contribution is -0.169. The third-order valence-corrected chi connectivity index (χ3v) is 9.51. The molecule has 39 heavy (non-hydrogen) atoms. The standard InChI is InChI=1S/C29H36ClNO6S2/c1-31(13-3-4-14-36-25-18-24(35-2)20(19-32)17-23(25)30)21-9-11-22(12-10-21)37-28(33)29(34,26-7-5-15-38-26)27-8-6-16-39-27/h5-8,15-18,21-22,32,34H,3-4,9-14,19H2,1-2H3. The molecular formula is C29H36ClNO6S2. The van der Waals surface area contributed by atoms with Gasteiger partial charge < -0.3 is 29.3 Å². The van der Waals surface area contributed by atoms with E-state index in [-0.39, 0.29) is 12.7 Å². The number of nitrogens with zero attached hydrogens (tertiary/aromatic N) is 1. The van der Waals surface area contributed by atoms with Crippen molar-refractivity contribution in [3.63, 3.8) is 0 Å². The molecule has 0 atom stereocenters. The molecule has 0 unspecified atom stereocenters. The number of thiophene rings is 2. The van der Waals surface area contributed by atoms with Gasteiger partial charge in [-0.25, -0.2) is 4.79 Å². The van der Waals surface area contributed by atoms with E-state index in [1.165, 1.54) is 22.7 Å². The number of carbonyl (C=O) groups excluding carboxylic acids is 1. The van der Waals surface area contributed by atoms with Crippen LogP contribution in [-0.2, 0) is 21.7 Å². The Morgan fingerprint density at radius 2 is 1.74 bits per heavy atom. The smallest absolute Gasteiger partial charge is 0.349 e. The first-order valence-electron chi connectivity index (χ1n) is 13.2. The van der Waals surface area contributed by atoms with Crippen molar-refractivity contribution in [2.75, 3.05) is 27.3 Å². The molecule has 2 aromatic heterocycles. The number of aliphatic hydroxyl groups is 2. The van der Waals surface area contributed by atoms with Gasteiger partial charge in [-0.2, -0.15) is 0 Å². The molecule has 1 aliphatic carbocycles. The lowest BCUT2D eigenvalue weighted by atomic mass is 9.91. The van der Waals surface area contributed by atoms with E-state index in [4.69, 9.17) is 25.8 Å². The Labute approximate surface area is 242 Å². The van der Waals surface area contributed by atoms with Crippen LogP contribution in [-0.4, -0.2) is 60.5 Å². The minimum atomic E-state index is -1.76. The highest BCUT2D eigenvalue weighted by molar-refractivity contribution is 7.12. The topological polar surface area (TPSA) is 88.5 Å². The summed E-state index contributed by atoms with van der Waals surface area (Å²) in [7, 11) is 3.69. The average molecular weight is 594 g/mol. The maximum Gasteiger partial charge on any atom is 0.349 e. The van der Waals surface area contributed by atoms with Crippen LogP contribution in [0.15, 0.2) is 47.2 Å². The van der Waals surface area contributed by atoms with Crippen LogP contribution in [0.5, 0.6) is 11.5 Å². The van der Waals surface area contributed by atoms with E-state index in [2.05, 4.69) is 11.9 Å². The molecule has 3 aromatic rings. The van der Waals surface area contributed by atoms with Crippen LogP contribution in [0.25, 0.3) is 0 Å². The summed E-state index contributed by atoms with van der Waals surface area (Å²) < 4.78 is 17.0. The molecule has 1 saturated carbocycles. The van der Waals surface area contributed by atoms with Gasteiger partial charge >= 0.3 is 5.97 Å². The van der Waals surface area contributed by atoms with Crippen LogP contribution in [0.3, 0.4) is 0 Å². The second-order valence-electron chi connectivity index (χ2n) is 9.79. The molecule has 4 rings (SSSR count). The van der Waals surface area contributed by atoms with Crippen molar-refractivity contribution in [2.24, 2.45) is 0 Å². The molecule has 10 heteroatoms. The van der Waals surface area contributed by atoms with E-state index >= 15 is 0 Å². The molecule has 1 fully saturated rings. The molecule has 0 aliphatic heterocycles. The quantitative estimate of drug-likeness (QED) is 0.190. The number of unbranched alkanes of at least 4 members (excludes halogenated alkanes) is 1. The van der Waals surface area contributed by atoms with Gasteiger partial charge in [0.15, 0.2) is 0 Å². The molecule has 1 aromatic carbocycles. The van der Waals surface area contributed by atoms with Crippen LogP contribution in [0, 0.1) is 0 Å². The summed E-state index contributed by atoms with van der Waals surface area (Å²) in [5.74, 6) is 0.519. The zero-order valence-corrected chi connectivity index (χ0v) is 24.7. The largest absolute Gasteiger partial charge is 0.496 e. The number of methoxy groups -OCH3 is 1. The van der Waals surface area contributed by atoms with Gasteiger partial charge in [0.1, 0.15) is 17.6 Å². The third kappa shape index (κ3) is 7.14. The van der Waals surface area contributed by atoms with Gasteiger partial charge in [0.05, 0.1) is 35.1 Å². The predicted molar refractivity (Wildman–Crippen MR) is 155 cm³/mol. The fourth-order valence-corrected chi connectivity index (χ4v) is 6.91. The van der Waals surface area contributed by atoms with Crippen LogP contribution in [0.1, 0.15) is 53.8 Å². The SMILES string of the molecule is COc1cc(OCCCCN(C)C2CCC(OC(=O)C(O)(c3cccs3)c3cccs3)CC2)c(Cl)cc1CO. The number of rotatable bonds is 13. The fourth-order valence-electron chi connectivity index (χ4n) is 4.96. The van der Waals surface area contributed by atoms with Crippen LogP contribution >= 0.6 is 34.3 Å². The summed E-state index contributed by atoms with van der Waals surface area (Å²) in [6.07, 6.45) is 5.09. The summed E-state index contributed by atoms with van der Waals surface area (Å²) in [4.78, 5) is 16.8. The van der Waals surface area contributed by atoms with Gasteiger partial charge in [0.25, 0.3) is 0 Å². The Morgan fingerprint density at radius 3 is 2.31 bits per heavy atom. The van der Waals surface area contributed by atoms with Crippen molar-refractivity contribution < 1.29 is 29.2 Å². The fraction of sp³-hybridized carbons (Fsp3) is 0.483. The van der Waals surface area contributed by atoms with Crippen molar-refractivity contribution in [3.8, 4) is 11.5 Å². The van der Waals surface area contributed by atoms with Gasteiger partial charge in [-0.1, -0.05) is 23.7 Å². The lowest BCUT2D eigenvalue weighted by Gasteiger charge is -2.35. The molecule has 1 aliphatic rings. The molecule has 0 amide bonds. The Hall–Kier alpha value is -2.14. The van der Waals surface area contributed by atoms with E-state index in [1.807, 2.05) is 22.9 Å². The Kier molecular flexibility index (Phi) is 10.7. The molecule has 0 bridgehead atoms. The summed E-state index contributed by atoms with van der Waals surface area (Å²) in [6, 6.07) is 11.0. The van der Waals surface area contributed by atoms with Gasteiger partial charge in [0.2, 0.25) is 5.60 Å². The van der Waals surface area contributed by atoms with Crippen molar-refractivity contribution >= 4 is 40.2 Å². The predicted octanol–water partition coefficient (Wildman–Crippen LogP) is 5.85. The molecule has 0 saturated heterocycles. The summed E-state index contributed by atoms with van der Waals surface area (Å²) in [5.41, 5.74) is -1.13. The van der Waals surface area contributed by atoms with Crippen molar-refractivity contribution in [1.29, 1.82) is 0 Å². The number of hydrogen-bond acceptors (Lipinski definition) is 9. The van der Waals surface area contributed by atoms with Crippen LogP contribution in [0.4, 0.5) is 0 Å². The maximum absolute atomic E-state index is 13.2. The molecule has 0 spiro atoms. The van der Waals surface area contributed by atoms with E-state index in [0.29, 0.717) is 44.5 Å². The first-order valence-corrected chi connectivity index (χ1v) is 15.3. The van der Waals surface area contributed by atoms with Crippen molar-refractivity contribution in [1.82, 2.24) is 4.90 Å². The minimum Gasteiger partial charge on any atom is -0.496 e. The molecule has 2 heterocycles. The van der Waals surface area contributed by atoms with Crippen LogP contribution < -0.4 is 9.47 Å². The Balaban J connectivity index is 1.20. The number of halogens is 1. The third-order valence-electron chi connectivity index (χ3n) is 7.26.